The van der Waals surface area contributed by atoms with E-state index < -0.39 is 0 Å². The normalized spacial score (nSPS) is 11.3. The molecule has 0 fully saturated rings. The van der Waals surface area contributed by atoms with Crippen molar-refractivity contribution in [2.24, 2.45) is 4.99 Å². The van der Waals surface area contributed by atoms with Gasteiger partial charge in [-0.15, -0.1) is 0 Å². The van der Waals surface area contributed by atoms with Crippen LogP contribution >= 0.6 is 0 Å². The summed E-state index contributed by atoms with van der Waals surface area (Å²) in [6.07, 6.45) is 2.71. The maximum absolute atomic E-state index is 5.38. The van der Waals surface area contributed by atoms with Gasteiger partial charge in [-0.25, -0.2) is 4.98 Å². The van der Waals surface area contributed by atoms with E-state index in [2.05, 4.69) is 32.4 Å². The molecule has 30 heavy (non-hydrogen) atoms. The molecule has 1 aromatic heterocycles. The third-order valence-electron chi connectivity index (χ3n) is 4.82. The van der Waals surface area contributed by atoms with E-state index in [1.807, 2.05) is 54.5 Å². The van der Waals surface area contributed by atoms with Gasteiger partial charge in [-0.2, -0.15) is 0 Å². The Morgan fingerprint density at radius 1 is 1.10 bits per heavy atom. The third kappa shape index (κ3) is 5.31. The van der Waals surface area contributed by atoms with Gasteiger partial charge in [0.2, 0.25) is 0 Å². The van der Waals surface area contributed by atoms with E-state index in [9.17, 15) is 0 Å². The quantitative estimate of drug-likeness (QED) is 0.442. The highest BCUT2D eigenvalue weighted by atomic mass is 16.5. The van der Waals surface area contributed by atoms with Crippen molar-refractivity contribution < 1.29 is 9.47 Å². The number of hydrogen-bond acceptors (Lipinski definition) is 4. The molecule has 3 aromatic rings. The molecule has 0 unspecified atom stereocenters. The monoisotopic (exact) mass is 407 g/mol. The minimum Gasteiger partial charge on any atom is -0.493 e. The molecule has 7 heteroatoms. The van der Waals surface area contributed by atoms with Gasteiger partial charge in [0.15, 0.2) is 17.5 Å². The van der Waals surface area contributed by atoms with Crippen molar-refractivity contribution in [2.45, 2.75) is 13.0 Å². The second-order valence-corrected chi connectivity index (χ2v) is 6.88. The van der Waals surface area contributed by atoms with E-state index in [1.54, 1.807) is 21.3 Å². The predicted octanol–water partition coefficient (Wildman–Crippen LogP) is 3.34. The fourth-order valence-corrected chi connectivity index (χ4v) is 3.25. The smallest absolute Gasteiger partial charge is 0.193 e. The molecule has 7 nitrogen and oxygen atoms in total. The zero-order valence-corrected chi connectivity index (χ0v) is 18.0. The van der Waals surface area contributed by atoms with Crippen LogP contribution in [0.1, 0.15) is 11.4 Å². The highest BCUT2D eigenvalue weighted by Crippen LogP contribution is 2.27. The summed E-state index contributed by atoms with van der Waals surface area (Å²) < 4.78 is 10.7. The van der Waals surface area contributed by atoms with Crippen LogP contribution in [0.25, 0.3) is 11.3 Å². The molecule has 0 radical (unpaired) electrons. The van der Waals surface area contributed by atoms with E-state index >= 15 is 0 Å². The first kappa shape index (κ1) is 21.2. The van der Waals surface area contributed by atoms with Crippen LogP contribution in [0.3, 0.4) is 0 Å². The summed E-state index contributed by atoms with van der Waals surface area (Å²) in [5.41, 5.74) is 3.29. The van der Waals surface area contributed by atoms with Crippen molar-refractivity contribution in [3.05, 3.63) is 66.1 Å². The molecule has 0 aliphatic carbocycles. The Kier molecular flexibility index (Phi) is 7.32. The van der Waals surface area contributed by atoms with Gasteiger partial charge in [-0.1, -0.05) is 36.4 Å². The van der Waals surface area contributed by atoms with E-state index in [4.69, 9.17) is 9.47 Å². The zero-order valence-electron chi connectivity index (χ0n) is 18.0. The standard InChI is InChI=1S/C23H29N5O2/c1-24-23(25-13-12-17-10-11-20(29-3)21(14-17)30-4)28(2)16-22-26-15-19(27-22)18-8-6-5-7-9-18/h5-11,14-15H,12-13,16H2,1-4H3,(H,24,25)(H,26,27). The lowest BCUT2D eigenvalue weighted by Crippen LogP contribution is -2.39. The molecule has 0 atom stereocenters. The zero-order chi connectivity index (χ0) is 21.3. The van der Waals surface area contributed by atoms with Gasteiger partial charge in [-0.3, -0.25) is 4.99 Å². The van der Waals surface area contributed by atoms with E-state index in [0.717, 1.165) is 53.1 Å². The molecule has 2 aromatic carbocycles. The van der Waals surface area contributed by atoms with Crippen LogP contribution in [0.5, 0.6) is 11.5 Å². The average molecular weight is 408 g/mol. The molecule has 1 heterocycles. The number of imidazole rings is 1. The molecule has 0 saturated heterocycles. The topological polar surface area (TPSA) is 74.8 Å². The summed E-state index contributed by atoms with van der Waals surface area (Å²) in [7, 11) is 7.07. The van der Waals surface area contributed by atoms with E-state index in [-0.39, 0.29) is 0 Å². The second-order valence-electron chi connectivity index (χ2n) is 6.88. The predicted molar refractivity (Wildman–Crippen MR) is 120 cm³/mol. The first-order valence-electron chi connectivity index (χ1n) is 9.86. The summed E-state index contributed by atoms with van der Waals surface area (Å²) in [4.78, 5) is 14.3. The first-order valence-corrected chi connectivity index (χ1v) is 9.86. The Morgan fingerprint density at radius 3 is 2.57 bits per heavy atom. The van der Waals surface area contributed by atoms with Gasteiger partial charge < -0.3 is 24.7 Å². The molecular formula is C23H29N5O2. The highest BCUT2D eigenvalue weighted by Gasteiger charge is 2.10. The number of nitrogens with zero attached hydrogens (tertiary/aromatic N) is 3. The SMILES string of the molecule is CN=C(NCCc1ccc(OC)c(OC)c1)N(C)Cc1ncc(-c2ccccc2)[nH]1. The van der Waals surface area contributed by atoms with Crippen LogP contribution in [-0.2, 0) is 13.0 Å². The lowest BCUT2D eigenvalue weighted by atomic mass is 10.1. The number of aliphatic imine (C=N–C) groups is 1. The van der Waals surface area contributed by atoms with Crippen molar-refractivity contribution >= 4 is 5.96 Å². The number of methoxy groups -OCH3 is 2. The molecule has 0 aliphatic rings. The summed E-state index contributed by atoms with van der Waals surface area (Å²) in [6.45, 7) is 1.38. The summed E-state index contributed by atoms with van der Waals surface area (Å²) >= 11 is 0. The molecule has 3 rings (SSSR count). The average Bonchev–Trinajstić information content (AvgIpc) is 3.25. The molecule has 2 N–H and O–H groups in total. The summed E-state index contributed by atoms with van der Waals surface area (Å²) in [5, 5.41) is 3.40. The fraction of sp³-hybridized carbons (Fsp3) is 0.304. The minimum atomic E-state index is 0.628. The number of H-pyrrole nitrogens is 1. The Morgan fingerprint density at radius 2 is 1.87 bits per heavy atom. The van der Waals surface area contributed by atoms with E-state index in [0.29, 0.717) is 6.54 Å². The number of benzene rings is 2. The summed E-state index contributed by atoms with van der Waals surface area (Å²) in [5.74, 6) is 3.17. The maximum Gasteiger partial charge on any atom is 0.193 e. The van der Waals surface area contributed by atoms with Gasteiger partial charge in [0.25, 0.3) is 0 Å². The number of aromatic amines is 1. The molecular weight excluding hydrogens is 378 g/mol. The van der Waals surface area contributed by atoms with Crippen LogP contribution in [0, 0.1) is 0 Å². The largest absolute Gasteiger partial charge is 0.493 e. The van der Waals surface area contributed by atoms with Crippen molar-refractivity contribution in [3.63, 3.8) is 0 Å². The van der Waals surface area contributed by atoms with Gasteiger partial charge in [0.1, 0.15) is 5.82 Å². The third-order valence-corrected chi connectivity index (χ3v) is 4.82. The maximum atomic E-state index is 5.38. The van der Waals surface area contributed by atoms with E-state index in [1.165, 1.54) is 0 Å². The number of guanidine groups is 1. The van der Waals surface area contributed by atoms with Crippen LogP contribution in [0.4, 0.5) is 0 Å². The number of nitrogens with one attached hydrogen (secondary N) is 2. The van der Waals surface area contributed by atoms with Crippen molar-refractivity contribution in [3.8, 4) is 22.8 Å². The van der Waals surface area contributed by atoms with Crippen molar-refractivity contribution in [1.82, 2.24) is 20.2 Å². The number of hydrogen-bond donors (Lipinski definition) is 2. The Hall–Kier alpha value is -3.48. The molecule has 0 amide bonds. The second kappa shape index (κ2) is 10.3. The first-order chi connectivity index (χ1) is 14.6. The molecule has 158 valence electrons. The van der Waals surface area contributed by atoms with Crippen LogP contribution < -0.4 is 14.8 Å². The fourth-order valence-electron chi connectivity index (χ4n) is 3.25. The highest BCUT2D eigenvalue weighted by molar-refractivity contribution is 5.79. The van der Waals surface area contributed by atoms with Gasteiger partial charge in [-0.05, 0) is 29.7 Å². The molecule has 0 aliphatic heterocycles. The molecule has 0 bridgehead atoms. The van der Waals surface area contributed by atoms with Crippen LogP contribution in [0.15, 0.2) is 59.7 Å². The van der Waals surface area contributed by atoms with Crippen molar-refractivity contribution in [2.75, 3.05) is 34.9 Å². The molecule has 0 saturated carbocycles. The van der Waals surface area contributed by atoms with Gasteiger partial charge >= 0.3 is 0 Å². The van der Waals surface area contributed by atoms with Gasteiger partial charge in [0, 0.05) is 20.6 Å². The van der Waals surface area contributed by atoms with Crippen LogP contribution in [-0.4, -0.2) is 55.7 Å². The lowest BCUT2D eigenvalue weighted by Gasteiger charge is -2.21. The Labute approximate surface area is 177 Å². The summed E-state index contributed by atoms with van der Waals surface area (Å²) in [6, 6.07) is 16.1. The minimum absolute atomic E-state index is 0.628. The Balaban J connectivity index is 1.54. The lowest BCUT2D eigenvalue weighted by molar-refractivity contribution is 0.354. The number of ether oxygens (including phenoxy) is 2. The van der Waals surface area contributed by atoms with Crippen molar-refractivity contribution in [1.29, 1.82) is 0 Å². The number of aromatic nitrogens is 2. The van der Waals surface area contributed by atoms with Crippen LogP contribution in [0.2, 0.25) is 0 Å². The number of rotatable bonds is 8. The Bertz CT molecular complexity index is 969. The molecule has 0 spiro atoms. The van der Waals surface area contributed by atoms with Gasteiger partial charge in [0.05, 0.1) is 32.7 Å².